The molecule has 2 aromatic heterocycles. The van der Waals surface area contributed by atoms with E-state index in [9.17, 15) is 4.79 Å². The molecule has 0 unspecified atom stereocenters. The summed E-state index contributed by atoms with van der Waals surface area (Å²) in [6.45, 7) is 3.49. The maximum atomic E-state index is 12.2. The van der Waals surface area contributed by atoms with Crippen LogP contribution < -0.4 is 5.32 Å². The predicted molar refractivity (Wildman–Crippen MR) is 87.7 cm³/mol. The Hall–Kier alpha value is -2.43. The van der Waals surface area contributed by atoms with Crippen LogP contribution in [0.1, 0.15) is 35.8 Å². The number of rotatable bonds is 7. The predicted octanol–water partition coefficient (Wildman–Crippen LogP) is 2.96. The van der Waals surface area contributed by atoms with Crippen molar-refractivity contribution in [3.63, 3.8) is 0 Å². The molecule has 0 aliphatic carbocycles. The Bertz CT molecular complexity index is 583. The van der Waals surface area contributed by atoms with Crippen molar-refractivity contribution in [3.8, 4) is 0 Å². The molecule has 0 saturated carbocycles. The van der Waals surface area contributed by atoms with Gasteiger partial charge in [0.25, 0.3) is 5.91 Å². The third-order valence-electron chi connectivity index (χ3n) is 3.38. The molecule has 1 amide bonds. The molecule has 5 heteroatoms. The van der Waals surface area contributed by atoms with Crippen LogP contribution in [0.5, 0.6) is 0 Å². The van der Waals surface area contributed by atoms with E-state index >= 15 is 0 Å². The van der Waals surface area contributed by atoms with E-state index in [0.29, 0.717) is 12.1 Å². The van der Waals surface area contributed by atoms with Gasteiger partial charge in [-0.2, -0.15) is 0 Å². The van der Waals surface area contributed by atoms with E-state index in [-0.39, 0.29) is 5.91 Å². The van der Waals surface area contributed by atoms with Gasteiger partial charge in [-0.05, 0) is 30.7 Å². The molecule has 0 radical (unpaired) electrons. The van der Waals surface area contributed by atoms with Gasteiger partial charge in [0.1, 0.15) is 5.82 Å². The first-order valence-corrected chi connectivity index (χ1v) is 7.56. The van der Waals surface area contributed by atoms with E-state index in [1.165, 1.54) is 0 Å². The number of hydrogen-bond donors (Lipinski definition) is 1. The molecule has 2 rings (SSSR count). The number of hydrogen-bond acceptors (Lipinski definition) is 4. The number of unbranched alkanes of at least 4 members (excludes halogenated alkanes) is 1. The van der Waals surface area contributed by atoms with Crippen LogP contribution >= 0.6 is 0 Å². The Kier molecular flexibility index (Phi) is 5.89. The highest BCUT2D eigenvalue weighted by atomic mass is 16.2. The molecule has 0 aliphatic rings. The van der Waals surface area contributed by atoms with Crippen LogP contribution in [-0.2, 0) is 6.54 Å². The molecule has 0 atom stereocenters. The summed E-state index contributed by atoms with van der Waals surface area (Å²) < 4.78 is 0. The number of carbonyl (C=O) groups is 1. The molecular weight excluding hydrogens is 276 g/mol. The number of amides is 1. The van der Waals surface area contributed by atoms with Crippen LogP contribution in [0.15, 0.2) is 42.7 Å². The summed E-state index contributed by atoms with van der Waals surface area (Å²) in [6, 6.07) is 9.42. The minimum absolute atomic E-state index is 0.0113. The lowest BCUT2D eigenvalue weighted by Crippen LogP contribution is -2.27. The number of nitrogens with zero attached hydrogens (tertiary/aromatic N) is 3. The topological polar surface area (TPSA) is 58.1 Å². The maximum absolute atomic E-state index is 12.2. The fraction of sp³-hybridized carbons (Fsp3) is 0.353. The molecule has 0 aliphatic heterocycles. The van der Waals surface area contributed by atoms with Crippen molar-refractivity contribution in [1.29, 1.82) is 0 Å². The van der Waals surface area contributed by atoms with Crippen molar-refractivity contribution in [2.45, 2.75) is 26.3 Å². The van der Waals surface area contributed by atoms with Gasteiger partial charge in [-0.25, -0.2) is 4.98 Å². The average molecular weight is 298 g/mol. The summed E-state index contributed by atoms with van der Waals surface area (Å²) in [6.07, 6.45) is 5.47. The zero-order chi connectivity index (χ0) is 15.8. The van der Waals surface area contributed by atoms with Crippen molar-refractivity contribution < 1.29 is 4.79 Å². The van der Waals surface area contributed by atoms with Crippen LogP contribution in [0, 0.1) is 0 Å². The maximum Gasteiger partial charge on any atom is 0.255 e. The van der Waals surface area contributed by atoms with Gasteiger partial charge in [0.05, 0.1) is 17.8 Å². The highest BCUT2D eigenvalue weighted by Crippen LogP contribution is 2.09. The Morgan fingerprint density at radius 3 is 2.73 bits per heavy atom. The van der Waals surface area contributed by atoms with E-state index in [1.807, 2.05) is 31.3 Å². The largest absolute Gasteiger partial charge is 0.364 e. The van der Waals surface area contributed by atoms with Gasteiger partial charge in [-0.1, -0.05) is 19.4 Å². The minimum Gasteiger partial charge on any atom is -0.364 e. The van der Waals surface area contributed by atoms with E-state index in [2.05, 4.69) is 22.2 Å². The molecule has 0 spiro atoms. The highest BCUT2D eigenvalue weighted by Gasteiger charge is 2.11. The normalized spacial score (nSPS) is 10.3. The molecule has 0 aromatic carbocycles. The van der Waals surface area contributed by atoms with Gasteiger partial charge in [0, 0.05) is 26.0 Å². The van der Waals surface area contributed by atoms with Gasteiger partial charge >= 0.3 is 0 Å². The van der Waals surface area contributed by atoms with Crippen LogP contribution in [-0.4, -0.2) is 34.4 Å². The van der Waals surface area contributed by atoms with Crippen molar-refractivity contribution in [2.24, 2.45) is 0 Å². The van der Waals surface area contributed by atoms with Crippen molar-refractivity contribution in [3.05, 3.63) is 54.0 Å². The summed E-state index contributed by atoms with van der Waals surface area (Å²) in [5, 5.41) is 3.19. The smallest absolute Gasteiger partial charge is 0.255 e. The van der Waals surface area contributed by atoms with E-state index in [0.717, 1.165) is 30.9 Å². The molecule has 116 valence electrons. The van der Waals surface area contributed by atoms with Gasteiger partial charge in [0.2, 0.25) is 0 Å². The quantitative estimate of drug-likeness (QED) is 0.854. The second-order valence-corrected chi connectivity index (χ2v) is 5.19. The molecule has 0 fully saturated rings. The number of aromatic nitrogens is 2. The summed E-state index contributed by atoms with van der Waals surface area (Å²) in [4.78, 5) is 22.5. The minimum atomic E-state index is 0.0113. The Morgan fingerprint density at radius 2 is 2.09 bits per heavy atom. The first-order valence-electron chi connectivity index (χ1n) is 7.56. The number of anilines is 1. The van der Waals surface area contributed by atoms with E-state index in [4.69, 9.17) is 0 Å². The molecule has 5 nitrogen and oxygen atoms in total. The van der Waals surface area contributed by atoms with Crippen LogP contribution in [0.2, 0.25) is 0 Å². The van der Waals surface area contributed by atoms with Crippen LogP contribution in [0.3, 0.4) is 0 Å². The Balaban J connectivity index is 1.91. The lowest BCUT2D eigenvalue weighted by Gasteiger charge is -2.16. The SMILES string of the molecule is CCCCN(C)C(=O)c1ccc(NCc2ccccn2)nc1. The second kappa shape index (κ2) is 8.12. The number of nitrogens with one attached hydrogen (secondary N) is 1. The third-order valence-corrected chi connectivity index (χ3v) is 3.38. The monoisotopic (exact) mass is 298 g/mol. The van der Waals surface area contributed by atoms with Gasteiger partial charge in [0.15, 0.2) is 0 Å². The Labute approximate surface area is 131 Å². The van der Waals surface area contributed by atoms with Crippen molar-refractivity contribution >= 4 is 11.7 Å². The fourth-order valence-corrected chi connectivity index (χ4v) is 2.03. The van der Waals surface area contributed by atoms with Crippen molar-refractivity contribution in [1.82, 2.24) is 14.9 Å². The molecule has 0 saturated heterocycles. The lowest BCUT2D eigenvalue weighted by atomic mass is 10.2. The third kappa shape index (κ3) is 4.55. The van der Waals surface area contributed by atoms with E-state index in [1.54, 1.807) is 23.4 Å². The van der Waals surface area contributed by atoms with Gasteiger partial charge in [-0.3, -0.25) is 9.78 Å². The van der Waals surface area contributed by atoms with Crippen molar-refractivity contribution in [2.75, 3.05) is 18.9 Å². The first-order chi connectivity index (χ1) is 10.7. The highest BCUT2D eigenvalue weighted by molar-refractivity contribution is 5.93. The van der Waals surface area contributed by atoms with Gasteiger partial charge in [-0.15, -0.1) is 0 Å². The molecule has 0 bridgehead atoms. The summed E-state index contributed by atoms with van der Waals surface area (Å²) in [5.41, 5.74) is 1.56. The zero-order valence-electron chi connectivity index (χ0n) is 13.1. The molecule has 22 heavy (non-hydrogen) atoms. The number of pyridine rings is 2. The zero-order valence-corrected chi connectivity index (χ0v) is 13.1. The lowest BCUT2D eigenvalue weighted by molar-refractivity contribution is 0.0793. The number of carbonyl (C=O) groups excluding carboxylic acids is 1. The summed E-state index contributed by atoms with van der Waals surface area (Å²) >= 11 is 0. The molecule has 2 heterocycles. The molecule has 1 N–H and O–H groups in total. The average Bonchev–Trinajstić information content (AvgIpc) is 2.58. The first kappa shape index (κ1) is 15.9. The van der Waals surface area contributed by atoms with Crippen LogP contribution in [0.25, 0.3) is 0 Å². The fourth-order valence-electron chi connectivity index (χ4n) is 2.03. The summed E-state index contributed by atoms with van der Waals surface area (Å²) in [5.74, 6) is 0.746. The Morgan fingerprint density at radius 1 is 1.23 bits per heavy atom. The summed E-state index contributed by atoms with van der Waals surface area (Å²) in [7, 11) is 1.82. The van der Waals surface area contributed by atoms with Crippen LogP contribution in [0.4, 0.5) is 5.82 Å². The van der Waals surface area contributed by atoms with Gasteiger partial charge < -0.3 is 10.2 Å². The standard InChI is InChI=1S/C17H22N4O/c1-3-4-11-21(2)17(22)14-8-9-16(19-12-14)20-13-15-7-5-6-10-18-15/h5-10,12H,3-4,11,13H2,1-2H3,(H,19,20). The molecule has 2 aromatic rings. The second-order valence-electron chi connectivity index (χ2n) is 5.19. The molecular formula is C17H22N4O. The van der Waals surface area contributed by atoms with E-state index < -0.39 is 0 Å².